The Morgan fingerprint density at radius 2 is 1.94 bits per heavy atom. The van der Waals surface area contributed by atoms with E-state index in [1.165, 1.54) is 19.3 Å². The zero-order valence-electron chi connectivity index (χ0n) is 18.4. The van der Waals surface area contributed by atoms with E-state index < -0.39 is 0 Å². The lowest BCUT2D eigenvalue weighted by Gasteiger charge is -2.35. The lowest BCUT2D eigenvalue weighted by atomic mass is 9.86. The summed E-state index contributed by atoms with van der Waals surface area (Å²) in [5, 5.41) is 7.87. The summed E-state index contributed by atoms with van der Waals surface area (Å²) in [6.07, 6.45) is 12.9. The second-order valence-electron chi connectivity index (χ2n) is 9.05. The van der Waals surface area contributed by atoms with E-state index in [0.717, 1.165) is 55.8 Å². The molecular weight excluding hydrogens is 399 g/mol. The third-order valence-corrected chi connectivity index (χ3v) is 6.89. The smallest absolute Gasteiger partial charge is 0.225 e. The maximum Gasteiger partial charge on any atom is 0.225 e. The van der Waals surface area contributed by atoms with Gasteiger partial charge in [0.2, 0.25) is 5.91 Å². The number of carbonyl (C=O) groups excluding carboxylic acids is 1. The normalized spacial score (nSPS) is 18.2. The van der Waals surface area contributed by atoms with Crippen LogP contribution in [0.3, 0.4) is 0 Å². The van der Waals surface area contributed by atoms with Gasteiger partial charge in [-0.25, -0.2) is 4.98 Å². The maximum atomic E-state index is 12.9. The van der Waals surface area contributed by atoms with Gasteiger partial charge in [-0.05, 0) is 42.8 Å². The van der Waals surface area contributed by atoms with Crippen molar-refractivity contribution in [1.29, 1.82) is 0 Å². The van der Waals surface area contributed by atoms with Gasteiger partial charge < -0.3 is 10.2 Å². The number of nitrogens with zero attached hydrogens (tertiary/aromatic N) is 5. The molecule has 3 aromatic heterocycles. The van der Waals surface area contributed by atoms with Gasteiger partial charge in [0.05, 0.1) is 0 Å². The van der Waals surface area contributed by atoms with Gasteiger partial charge in [-0.3, -0.25) is 9.78 Å². The second kappa shape index (κ2) is 9.31. The molecule has 0 atom stereocenters. The third-order valence-electron chi connectivity index (χ3n) is 6.89. The van der Waals surface area contributed by atoms with E-state index in [2.05, 4.69) is 26.4 Å². The Bertz CT molecular complexity index is 1070. The first-order valence-electron chi connectivity index (χ1n) is 11.7. The minimum atomic E-state index is 0.240. The Balaban J connectivity index is 1.31. The Morgan fingerprint density at radius 1 is 1.12 bits per heavy atom. The zero-order valence-corrected chi connectivity index (χ0v) is 18.4. The Hall–Kier alpha value is -2.90. The Kier molecular flexibility index (Phi) is 6.10. The molecule has 1 amide bonds. The molecule has 7 nitrogen and oxygen atoms in total. The van der Waals surface area contributed by atoms with Crippen molar-refractivity contribution in [1.82, 2.24) is 24.5 Å². The van der Waals surface area contributed by atoms with Crippen molar-refractivity contribution in [3.63, 3.8) is 0 Å². The summed E-state index contributed by atoms with van der Waals surface area (Å²) in [6, 6.07) is 6.05. The summed E-state index contributed by atoms with van der Waals surface area (Å²) < 4.78 is 1.76. The van der Waals surface area contributed by atoms with Gasteiger partial charge in [-0.1, -0.05) is 25.3 Å². The number of hydrogen-bond donors (Lipinski definition) is 1. The molecule has 1 aliphatic heterocycles. The van der Waals surface area contributed by atoms with Crippen LogP contribution in [-0.4, -0.2) is 51.3 Å². The van der Waals surface area contributed by atoms with E-state index >= 15 is 0 Å². The van der Waals surface area contributed by atoms with Gasteiger partial charge in [0.15, 0.2) is 0 Å². The highest BCUT2D eigenvalue weighted by Gasteiger charge is 2.30. The van der Waals surface area contributed by atoms with Gasteiger partial charge in [-0.15, -0.1) is 0 Å². The highest BCUT2D eigenvalue weighted by molar-refractivity contribution is 6.36. The summed E-state index contributed by atoms with van der Waals surface area (Å²) in [4.78, 5) is 24.0. The molecule has 32 heavy (non-hydrogen) atoms. The number of aromatic nitrogens is 4. The average molecular weight is 428 g/mol. The fraction of sp³-hybridized carbons (Fsp3) is 0.500. The van der Waals surface area contributed by atoms with Crippen LogP contribution in [0, 0.1) is 5.92 Å². The highest BCUT2D eigenvalue weighted by Crippen LogP contribution is 2.31. The molecule has 0 spiro atoms. The van der Waals surface area contributed by atoms with Crippen molar-refractivity contribution in [2.24, 2.45) is 5.92 Å². The van der Waals surface area contributed by atoms with Crippen LogP contribution in [0.2, 0.25) is 0 Å². The summed E-state index contributed by atoms with van der Waals surface area (Å²) in [7, 11) is 6.16. The van der Waals surface area contributed by atoms with Crippen LogP contribution in [0.5, 0.6) is 0 Å². The largest absolute Gasteiger partial charge is 0.366 e. The quantitative estimate of drug-likeness (QED) is 0.633. The zero-order chi connectivity index (χ0) is 21.9. The average Bonchev–Trinajstić information content (AvgIpc) is 3.24. The van der Waals surface area contributed by atoms with Crippen molar-refractivity contribution in [3.05, 3.63) is 48.0 Å². The number of amides is 1. The number of carbonyl (C=O) groups is 1. The summed E-state index contributed by atoms with van der Waals surface area (Å²) >= 11 is 0. The molecule has 2 aliphatic rings. The SMILES string of the molecule is [B]c1cnn2c(NCc3cccnc3)cc(C3CCN(C(=O)C4CCCCC4)CC3)nc12. The number of piperidine rings is 1. The van der Waals surface area contributed by atoms with Crippen molar-refractivity contribution in [2.75, 3.05) is 18.4 Å². The standard InChI is InChI=1S/C24H29BN6O/c25-20-16-28-31-22(27-15-17-5-4-10-26-14-17)13-21(29-23(20)31)18-8-11-30(12-9-18)24(32)19-6-2-1-3-7-19/h4-5,10,13-14,16,18-19,27H,1-3,6-9,11-12,15H2. The van der Waals surface area contributed by atoms with E-state index in [-0.39, 0.29) is 5.92 Å². The number of anilines is 1. The Labute approximate surface area is 190 Å². The van der Waals surface area contributed by atoms with Crippen LogP contribution in [0.4, 0.5) is 5.82 Å². The monoisotopic (exact) mass is 428 g/mol. The molecular formula is C24H29BN6O. The summed E-state index contributed by atoms with van der Waals surface area (Å²) in [5.41, 5.74) is 3.36. The van der Waals surface area contributed by atoms with Gasteiger partial charge >= 0.3 is 0 Å². The van der Waals surface area contributed by atoms with E-state index in [1.807, 2.05) is 18.3 Å². The molecule has 0 unspecified atom stereocenters. The van der Waals surface area contributed by atoms with E-state index in [9.17, 15) is 4.79 Å². The van der Waals surface area contributed by atoms with Crippen LogP contribution in [0.1, 0.15) is 62.1 Å². The molecule has 4 heterocycles. The first kappa shape index (κ1) is 21.0. The molecule has 3 aromatic rings. The molecule has 1 N–H and O–H groups in total. The fourth-order valence-corrected chi connectivity index (χ4v) is 5.03. The minimum absolute atomic E-state index is 0.240. The summed E-state index contributed by atoms with van der Waals surface area (Å²) in [5.74, 6) is 1.78. The molecule has 5 rings (SSSR count). The Morgan fingerprint density at radius 3 is 2.69 bits per heavy atom. The predicted octanol–water partition coefficient (Wildman–Crippen LogP) is 2.82. The molecule has 164 valence electrons. The summed E-state index contributed by atoms with van der Waals surface area (Å²) in [6.45, 7) is 2.25. The van der Waals surface area contributed by atoms with Crippen LogP contribution >= 0.6 is 0 Å². The van der Waals surface area contributed by atoms with Crippen LogP contribution < -0.4 is 10.8 Å². The molecule has 0 aromatic carbocycles. The third kappa shape index (κ3) is 4.36. The van der Waals surface area contributed by atoms with Crippen molar-refractivity contribution < 1.29 is 4.79 Å². The van der Waals surface area contributed by atoms with Crippen LogP contribution in [0.15, 0.2) is 36.8 Å². The number of pyridine rings is 1. The topological polar surface area (TPSA) is 75.4 Å². The van der Waals surface area contributed by atoms with Crippen LogP contribution in [0.25, 0.3) is 5.65 Å². The number of hydrogen-bond acceptors (Lipinski definition) is 5. The number of fused-ring (bicyclic) bond motifs is 1. The second-order valence-corrected chi connectivity index (χ2v) is 9.05. The number of nitrogens with one attached hydrogen (secondary N) is 1. The van der Waals surface area contributed by atoms with Gasteiger partial charge in [0, 0.05) is 61.8 Å². The van der Waals surface area contributed by atoms with Gasteiger partial charge in [-0.2, -0.15) is 9.61 Å². The van der Waals surface area contributed by atoms with Crippen molar-refractivity contribution in [2.45, 2.75) is 57.4 Å². The molecule has 1 saturated heterocycles. The van der Waals surface area contributed by atoms with Crippen molar-refractivity contribution >= 4 is 30.7 Å². The minimum Gasteiger partial charge on any atom is -0.366 e. The number of rotatable bonds is 5. The molecule has 1 saturated carbocycles. The van der Waals surface area contributed by atoms with Gasteiger partial charge in [0.25, 0.3) is 0 Å². The molecule has 8 heteroatoms. The lowest BCUT2D eigenvalue weighted by Crippen LogP contribution is -2.42. The fourth-order valence-electron chi connectivity index (χ4n) is 5.03. The van der Waals surface area contributed by atoms with Crippen molar-refractivity contribution in [3.8, 4) is 0 Å². The van der Waals surface area contributed by atoms with Crippen LogP contribution in [-0.2, 0) is 11.3 Å². The van der Waals surface area contributed by atoms with E-state index in [0.29, 0.717) is 29.5 Å². The van der Waals surface area contributed by atoms with Gasteiger partial charge in [0.1, 0.15) is 19.3 Å². The van der Waals surface area contributed by atoms with E-state index in [4.69, 9.17) is 12.8 Å². The molecule has 0 bridgehead atoms. The molecule has 2 radical (unpaired) electrons. The first-order valence-corrected chi connectivity index (χ1v) is 11.7. The lowest BCUT2D eigenvalue weighted by molar-refractivity contribution is -0.137. The molecule has 1 aliphatic carbocycles. The predicted molar refractivity (Wildman–Crippen MR) is 125 cm³/mol. The van der Waals surface area contributed by atoms with E-state index in [1.54, 1.807) is 16.9 Å². The molecule has 2 fully saturated rings. The first-order chi connectivity index (χ1) is 15.7. The number of likely N-dealkylation sites (tertiary alicyclic amines) is 1. The highest BCUT2D eigenvalue weighted by atomic mass is 16.2. The maximum absolute atomic E-state index is 12.9.